The lowest BCUT2D eigenvalue weighted by atomic mass is 10.0. The number of likely N-dealkylation sites (N-methyl/N-ethyl adjacent to an activating group) is 1. The van der Waals surface area contributed by atoms with Crippen molar-refractivity contribution in [1.29, 1.82) is 0 Å². The van der Waals surface area contributed by atoms with Gasteiger partial charge in [-0.3, -0.25) is 14.2 Å². The van der Waals surface area contributed by atoms with Crippen LogP contribution in [0, 0.1) is 0 Å². The van der Waals surface area contributed by atoms with Gasteiger partial charge in [-0.05, 0) is 31.8 Å². The van der Waals surface area contributed by atoms with Gasteiger partial charge in [0.2, 0.25) is 5.91 Å². The predicted octanol–water partition coefficient (Wildman–Crippen LogP) is 19.3. The minimum Gasteiger partial charge on any atom is -0.756 e. The van der Waals surface area contributed by atoms with E-state index in [4.69, 9.17) is 13.8 Å². The molecule has 3 unspecified atom stereocenters. The first kappa shape index (κ1) is 72.8. The summed E-state index contributed by atoms with van der Waals surface area (Å²) in [6.07, 6.45) is 63.3. The quantitative estimate of drug-likeness (QED) is 0.0212. The summed E-state index contributed by atoms with van der Waals surface area (Å²) in [5, 5.41) is 3.04. The minimum atomic E-state index is -4.69. The minimum absolute atomic E-state index is 0.0168. The molecule has 0 bridgehead atoms. The van der Waals surface area contributed by atoms with Crippen molar-refractivity contribution in [3.8, 4) is 0 Å². The Bertz CT molecular complexity index is 1270. The number of phosphoric acid groups is 1. The number of rotatable bonds is 60. The Labute approximate surface area is 461 Å². The molecule has 0 aromatic carbocycles. The second kappa shape index (κ2) is 55.1. The van der Waals surface area contributed by atoms with Crippen LogP contribution in [0.5, 0.6) is 0 Å². The topological polar surface area (TPSA) is 114 Å². The van der Waals surface area contributed by atoms with Gasteiger partial charge in [0.1, 0.15) is 19.3 Å². The van der Waals surface area contributed by atoms with Crippen LogP contribution in [-0.2, 0) is 27.9 Å². The molecule has 1 amide bonds. The molecule has 9 nitrogen and oxygen atoms in total. The number of allylic oxidation sites excluding steroid dienone is 1. The molecule has 0 aliphatic heterocycles. The second-order valence-electron chi connectivity index (χ2n) is 23.6. The molecule has 0 aromatic heterocycles. The Morgan fingerprint density at radius 2 is 0.770 bits per heavy atom. The first-order valence-corrected chi connectivity index (χ1v) is 34.0. The molecule has 0 rings (SSSR count). The number of unbranched alkanes of at least 4 members (excludes halogenated alkanes) is 44. The van der Waals surface area contributed by atoms with Gasteiger partial charge in [-0.2, -0.15) is 0 Å². The number of quaternary nitrogens is 1. The Morgan fingerprint density at radius 1 is 0.459 bits per heavy atom. The molecule has 440 valence electrons. The van der Waals surface area contributed by atoms with E-state index in [1.165, 1.54) is 244 Å². The predicted molar refractivity (Wildman–Crippen MR) is 317 cm³/mol. The van der Waals surface area contributed by atoms with Gasteiger partial charge in [0, 0.05) is 12.8 Å². The molecule has 0 saturated heterocycles. The number of nitrogens with one attached hydrogen (secondary N) is 1. The van der Waals surface area contributed by atoms with E-state index in [2.05, 4.69) is 26.1 Å². The van der Waals surface area contributed by atoms with Gasteiger partial charge >= 0.3 is 5.97 Å². The van der Waals surface area contributed by atoms with Gasteiger partial charge < -0.3 is 28.5 Å². The van der Waals surface area contributed by atoms with Gasteiger partial charge in [0.25, 0.3) is 7.82 Å². The summed E-state index contributed by atoms with van der Waals surface area (Å²) in [6.45, 7) is 6.89. The molecule has 3 atom stereocenters. The lowest BCUT2D eigenvalue weighted by Gasteiger charge is -2.30. The third kappa shape index (κ3) is 55.5. The van der Waals surface area contributed by atoms with Crippen LogP contribution >= 0.6 is 7.82 Å². The molecule has 0 fully saturated rings. The number of amides is 1. The summed E-state index contributed by atoms with van der Waals surface area (Å²) in [5.74, 6) is -0.519. The number of ether oxygens (including phenoxy) is 1. The molecule has 0 saturated carbocycles. The molecule has 0 aliphatic carbocycles. The van der Waals surface area contributed by atoms with Gasteiger partial charge in [-0.25, -0.2) is 0 Å². The van der Waals surface area contributed by atoms with E-state index in [1.807, 2.05) is 33.3 Å². The molecule has 0 aliphatic rings. The fourth-order valence-electron chi connectivity index (χ4n) is 9.94. The summed E-state index contributed by atoms with van der Waals surface area (Å²) in [5.41, 5.74) is 0. The molecular weight excluding hydrogens is 940 g/mol. The van der Waals surface area contributed by atoms with Crippen LogP contribution in [0.1, 0.15) is 335 Å². The Hall–Kier alpha value is -1.25. The van der Waals surface area contributed by atoms with E-state index < -0.39 is 20.0 Å². The fraction of sp³-hybridized carbons (Fsp3) is 0.938. The zero-order valence-electron chi connectivity index (χ0n) is 50.3. The highest BCUT2D eigenvalue weighted by Gasteiger charge is 2.27. The number of hydrogen-bond donors (Lipinski definition) is 1. The van der Waals surface area contributed by atoms with E-state index in [9.17, 15) is 19.0 Å². The fourth-order valence-corrected chi connectivity index (χ4v) is 10.7. The van der Waals surface area contributed by atoms with Crippen LogP contribution in [0.15, 0.2) is 12.2 Å². The third-order valence-electron chi connectivity index (χ3n) is 15.0. The lowest BCUT2D eigenvalue weighted by molar-refractivity contribution is -0.870. The van der Waals surface area contributed by atoms with Crippen molar-refractivity contribution in [2.75, 3.05) is 40.9 Å². The van der Waals surface area contributed by atoms with E-state index in [-0.39, 0.29) is 31.5 Å². The average molecular weight is 1070 g/mol. The van der Waals surface area contributed by atoms with Crippen LogP contribution in [0.4, 0.5) is 0 Å². The summed E-state index contributed by atoms with van der Waals surface area (Å²) in [6, 6.07) is -0.879. The van der Waals surface area contributed by atoms with Gasteiger partial charge in [0.15, 0.2) is 0 Å². The smallest absolute Gasteiger partial charge is 0.306 e. The number of carbonyl (C=O) groups is 2. The maximum atomic E-state index is 13.5. The summed E-state index contributed by atoms with van der Waals surface area (Å²) in [7, 11) is 1.21. The van der Waals surface area contributed by atoms with Gasteiger partial charge in [-0.15, -0.1) is 0 Å². The van der Waals surface area contributed by atoms with E-state index in [0.29, 0.717) is 17.4 Å². The Morgan fingerprint density at radius 3 is 1.11 bits per heavy atom. The van der Waals surface area contributed by atoms with E-state index in [1.54, 1.807) is 0 Å². The van der Waals surface area contributed by atoms with Crippen molar-refractivity contribution in [3.63, 3.8) is 0 Å². The third-order valence-corrected chi connectivity index (χ3v) is 15.9. The summed E-state index contributed by atoms with van der Waals surface area (Å²) >= 11 is 0. The summed E-state index contributed by atoms with van der Waals surface area (Å²) < 4.78 is 30.3. The molecule has 0 heterocycles. The molecule has 74 heavy (non-hydrogen) atoms. The molecule has 0 spiro atoms. The molecule has 0 aromatic rings. The van der Waals surface area contributed by atoms with E-state index >= 15 is 0 Å². The Kier molecular flexibility index (Phi) is 54.1. The number of esters is 1. The standard InChI is InChI=1S/C64H127N2O7P/c1-7-10-13-16-19-22-25-27-29-30-31-32-33-34-35-36-37-38-41-44-47-50-53-56-63(67)65-61(60-72-74(69,70)71-59-58-66(4,5)6)62(55-52-49-46-43-40-24-21-18-15-12-9-3)73-64(68)57-54-51-48-45-42-39-28-26-23-20-17-14-11-8-2/h52,55,61-62H,7-51,53-54,56-60H2,1-6H3,(H-,65,67,69,70)/b55-52-. The molecule has 10 heteroatoms. The van der Waals surface area contributed by atoms with Gasteiger partial charge in [0.05, 0.1) is 33.8 Å². The van der Waals surface area contributed by atoms with E-state index in [0.717, 1.165) is 57.8 Å². The zero-order chi connectivity index (χ0) is 54.3. The first-order chi connectivity index (χ1) is 35.9. The van der Waals surface area contributed by atoms with Crippen molar-refractivity contribution < 1.29 is 37.3 Å². The number of hydrogen-bond acceptors (Lipinski definition) is 7. The summed E-state index contributed by atoms with van der Waals surface area (Å²) in [4.78, 5) is 40.0. The van der Waals surface area contributed by atoms with Crippen LogP contribution in [-0.4, -0.2) is 69.4 Å². The van der Waals surface area contributed by atoms with Crippen molar-refractivity contribution >= 4 is 19.7 Å². The van der Waals surface area contributed by atoms with Crippen LogP contribution in [0.25, 0.3) is 0 Å². The Balaban J connectivity index is 5.04. The lowest BCUT2D eigenvalue weighted by Crippen LogP contribution is -2.47. The second-order valence-corrected chi connectivity index (χ2v) is 25.0. The SMILES string of the molecule is CCCCCCCCCCC/C=C\C(OC(=O)CCCCCCCCCCCCCCCC)C(COP(=O)([O-])OCC[N+](C)(C)C)NC(=O)CCCCCCCCCCCCCCCCCCCCCCCCC. The zero-order valence-corrected chi connectivity index (χ0v) is 51.2. The highest BCUT2D eigenvalue weighted by Crippen LogP contribution is 2.38. The molecule has 1 N–H and O–H groups in total. The molecule has 0 radical (unpaired) electrons. The number of carbonyl (C=O) groups excluding carboxylic acids is 2. The highest BCUT2D eigenvalue weighted by molar-refractivity contribution is 7.45. The monoisotopic (exact) mass is 1070 g/mol. The van der Waals surface area contributed by atoms with Crippen molar-refractivity contribution in [3.05, 3.63) is 12.2 Å². The van der Waals surface area contributed by atoms with Crippen molar-refractivity contribution in [1.82, 2.24) is 5.32 Å². The largest absolute Gasteiger partial charge is 0.756 e. The number of nitrogens with zero attached hydrogens (tertiary/aromatic N) is 1. The maximum absolute atomic E-state index is 13.5. The maximum Gasteiger partial charge on any atom is 0.306 e. The highest BCUT2D eigenvalue weighted by atomic mass is 31.2. The average Bonchev–Trinajstić information content (AvgIpc) is 3.36. The van der Waals surface area contributed by atoms with Gasteiger partial charge in [-0.1, -0.05) is 303 Å². The van der Waals surface area contributed by atoms with Crippen LogP contribution in [0.3, 0.4) is 0 Å². The number of phosphoric ester groups is 1. The van der Waals surface area contributed by atoms with Crippen LogP contribution < -0.4 is 10.2 Å². The van der Waals surface area contributed by atoms with Crippen molar-refractivity contribution in [2.45, 2.75) is 348 Å². The normalized spacial score (nSPS) is 13.7. The van der Waals surface area contributed by atoms with Crippen LogP contribution in [0.2, 0.25) is 0 Å². The first-order valence-electron chi connectivity index (χ1n) is 32.5. The molecular formula is C64H127N2O7P. The van der Waals surface area contributed by atoms with Crippen molar-refractivity contribution in [2.24, 2.45) is 0 Å².